The highest BCUT2D eigenvalue weighted by Crippen LogP contribution is 2.14. The predicted octanol–water partition coefficient (Wildman–Crippen LogP) is 1.18. The van der Waals surface area contributed by atoms with Crippen molar-refractivity contribution < 1.29 is 4.79 Å². The Kier molecular flexibility index (Phi) is 6.05. The van der Waals surface area contributed by atoms with Crippen LogP contribution >= 0.6 is 0 Å². The molecule has 0 saturated heterocycles. The Morgan fingerprint density at radius 1 is 1.37 bits per heavy atom. The zero-order valence-electron chi connectivity index (χ0n) is 12.2. The molecular weight excluding hydrogens is 242 g/mol. The highest BCUT2D eigenvalue weighted by atomic mass is 16.2. The van der Waals surface area contributed by atoms with E-state index >= 15 is 0 Å². The van der Waals surface area contributed by atoms with Gasteiger partial charge >= 0.3 is 0 Å². The second kappa shape index (κ2) is 7.56. The minimum atomic E-state index is -0.00988. The SMILES string of the molecule is CCCNc1cc(N(C)CC(=O)NCC)nc(C)n1. The van der Waals surface area contributed by atoms with E-state index in [9.17, 15) is 4.79 Å². The van der Waals surface area contributed by atoms with Crippen LogP contribution in [0.5, 0.6) is 0 Å². The van der Waals surface area contributed by atoms with Gasteiger partial charge in [-0.25, -0.2) is 9.97 Å². The van der Waals surface area contributed by atoms with Crippen molar-refractivity contribution in [2.24, 2.45) is 0 Å². The molecule has 0 aliphatic heterocycles. The molecule has 1 rings (SSSR count). The Morgan fingerprint density at radius 2 is 2.11 bits per heavy atom. The molecule has 0 radical (unpaired) electrons. The Morgan fingerprint density at radius 3 is 2.74 bits per heavy atom. The van der Waals surface area contributed by atoms with Crippen LogP contribution in [0.15, 0.2) is 6.07 Å². The standard InChI is InChI=1S/C13H23N5O/c1-5-7-15-11-8-12(17-10(3)16-11)18(4)9-13(19)14-6-2/h8H,5-7,9H2,1-4H3,(H,14,19)(H,15,16,17). The molecule has 0 aliphatic carbocycles. The number of carbonyl (C=O) groups is 1. The van der Waals surface area contributed by atoms with Gasteiger partial charge in [-0.1, -0.05) is 6.92 Å². The summed E-state index contributed by atoms with van der Waals surface area (Å²) < 4.78 is 0. The predicted molar refractivity (Wildman–Crippen MR) is 77.5 cm³/mol. The Hall–Kier alpha value is -1.85. The monoisotopic (exact) mass is 265 g/mol. The van der Waals surface area contributed by atoms with E-state index in [0.29, 0.717) is 12.4 Å². The van der Waals surface area contributed by atoms with Gasteiger partial charge in [-0.05, 0) is 20.3 Å². The molecule has 0 atom stereocenters. The van der Waals surface area contributed by atoms with Gasteiger partial charge in [-0.3, -0.25) is 4.79 Å². The van der Waals surface area contributed by atoms with E-state index in [0.717, 1.165) is 24.6 Å². The number of carbonyl (C=O) groups excluding carboxylic acids is 1. The van der Waals surface area contributed by atoms with Gasteiger partial charge in [-0.2, -0.15) is 0 Å². The summed E-state index contributed by atoms with van der Waals surface area (Å²) >= 11 is 0. The van der Waals surface area contributed by atoms with Gasteiger partial charge < -0.3 is 15.5 Å². The minimum Gasteiger partial charge on any atom is -0.370 e. The Bertz CT molecular complexity index is 421. The first-order valence-electron chi connectivity index (χ1n) is 6.64. The zero-order chi connectivity index (χ0) is 14.3. The first-order chi connectivity index (χ1) is 9.06. The number of hydrogen-bond acceptors (Lipinski definition) is 5. The summed E-state index contributed by atoms with van der Waals surface area (Å²) in [6, 6.07) is 1.86. The molecule has 6 heteroatoms. The van der Waals surface area contributed by atoms with E-state index in [-0.39, 0.29) is 12.5 Å². The quantitative estimate of drug-likeness (QED) is 0.774. The molecular formula is C13H23N5O. The van der Waals surface area contributed by atoms with Gasteiger partial charge in [-0.15, -0.1) is 0 Å². The number of hydrogen-bond donors (Lipinski definition) is 2. The van der Waals surface area contributed by atoms with Crippen molar-refractivity contribution >= 4 is 17.5 Å². The third-order valence-corrected chi connectivity index (χ3v) is 2.53. The average Bonchev–Trinajstić information content (AvgIpc) is 2.36. The molecule has 1 aromatic heterocycles. The molecule has 0 aromatic carbocycles. The highest BCUT2D eigenvalue weighted by Gasteiger charge is 2.10. The van der Waals surface area contributed by atoms with Crippen molar-refractivity contribution in [3.05, 3.63) is 11.9 Å². The molecule has 0 fully saturated rings. The lowest BCUT2D eigenvalue weighted by Crippen LogP contribution is -2.35. The first-order valence-corrected chi connectivity index (χ1v) is 6.64. The third-order valence-electron chi connectivity index (χ3n) is 2.53. The van der Waals surface area contributed by atoms with Gasteiger partial charge in [0, 0.05) is 26.2 Å². The molecule has 6 nitrogen and oxygen atoms in total. The van der Waals surface area contributed by atoms with Crippen LogP contribution < -0.4 is 15.5 Å². The molecule has 106 valence electrons. The van der Waals surface area contributed by atoms with E-state index in [4.69, 9.17) is 0 Å². The van der Waals surface area contributed by atoms with Crippen molar-refractivity contribution in [1.82, 2.24) is 15.3 Å². The van der Waals surface area contributed by atoms with Crippen LogP contribution in [0.3, 0.4) is 0 Å². The fourth-order valence-corrected chi connectivity index (χ4v) is 1.64. The van der Waals surface area contributed by atoms with Gasteiger partial charge in [0.1, 0.15) is 17.5 Å². The lowest BCUT2D eigenvalue weighted by Gasteiger charge is -2.18. The van der Waals surface area contributed by atoms with E-state index < -0.39 is 0 Å². The first kappa shape index (κ1) is 15.2. The maximum absolute atomic E-state index is 11.6. The fraction of sp³-hybridized carbons (Fsp3) is 0.615. The van der Waals surface area contributed by atoms with Crippen LogP contribution in [0.4, 0.5) is 11.6 Å². The van der Waals surface area contributed by atoms with Crippen molar-refractivity contribution in [1.29, 1.82) is 0 Å². The highest BCUT2D eigenvalue weighted by molar-refractivity contribution is 5.80. The molecule has 0 spiro atoms. The van der Waals surface area contributed by atoms with Crippen LogP contribution in [-0.2, 0) is 4.79 Å². The van der Waals surface area contributed by atoms with Crippen molar-refractivity contribution in [2.45, 2.75) is 27.2 Å². The largest absolute Gasteiger partial charge is 0.370 e. The molecule has 0 bridgehead atoms. The molecule has 19 heavy (non-hydrogen) atoms. The number of aryl methyl sites for hydroxylation is 1. The second-order valence-electron chi connectivity index (χ2n) is 4.39. The lowest BCUT2D eigenvalue weighted by atomic mass is 10.4. The van der Waals surface area contributed by atoms with Crippen LogP contribution in [0.25, 0.3) is 0 Å². The summed E-state index contributed by atoms with van der Waals surface area (Å²) in [5, 5.41) is 6.00. The molecule has 1 aromatic rings. The van der Waals surface area contributed by atoms with E-state index in [2.05, 4.69) is 27.5 Å². The molecule has 0 aliphatic rings. The number of anilines is 2. The number of amides is 1. The number of aromatic nitrogens is 2. The molecule has 0 saturated carbocycles. The van der Waals surface area contributed by atoms with Gasteiger partial charge in [0.05, 0.1) is 6.54 Å². The van der Waals surface area contributed by atoms with Crippen molar-refractivity contribution in [3.8, 4) is 0 Å². The zero-order valence-corrected chi connectivity index (χ0v) is 12.2. The minimum absolute atomic E-state index is 0.00988. The summed E-state index contributed by atoms with van der Waals surface area (Å²) in [4.78, 5) is 22.0. The summed E-state index contributed by atoms with van der Waals surface area (Å²) in [7, 11) is 1.85. The van der Waals surface area contributed by atoms with E-state index in [1.165, 1.54) is 0 Å². The van der Waals surface area contributed by atoms with Crippen LogP contribution in [-0.4, -0.2) is 42.6 Å². The second-order valence-corrected chi connectivity index (χ2v) is 4.39. The van der Waals surface area contributed by atoms with Crippen LogP contribution in [0.2, 0.25) is 0 Å². The molecule has 1 heterocycles. The third kappa shape index (κ3) is 5.11. The smallest absolute Gasteiger partial charge is 0.239 e. The number of nitrogens with zero attached hydrogens (tertiary/aromatic N) is 3. The van der Waals surface area contributed by atoms with Crippen LogP contribution in [0.1, 0.15) is 26.1 Å². The van der Waals surface area contributed by atoms with Gasteiger partial charge in [0.25, 0.3) is 0 Å². The average molecular weight is 265 g/mol. The number of rotatable bonds is 7. The van der Waals surface area contributed by atoms with Gasteiger partial charge in [0.15, 0.2) is 0 Å². The molecule has 1 amide bonds. The fourth-order valence-electron chi connectivity index (χ4n) is 1.64. The van der Waals surface area contributed by atoms with Crippen LogP contribution in [0, 0.1) is 6.92 Å². The summed E-state index contributed by atoms with van der Waals surface area (Å²) in [6.45, 7) is 7.65. The lowest BCUT2D eigenvalue weighted by molar-refractivity contribution is -0.119. The maximum Gasteiger partial charge on any atom is 0.239 e. The normalized spacial score (nSPS) is 10.1. The number of likely N-dealkylation sites (N-methyl/N-ethyl adjacent to an activating group) is 2. The number of nitrogens with one attached hydrogen (secondary N) is 2. The topological polar surface area (TPSA) is 70.2 Å². The summed E-state index contributed by atoms with van der Waals surface area (Å²) in [5.41, 5.74) is 0. The summed E-state index contributed by atoms with van der Waals surface area (Å²) in [5.74, 6) is 2.23. The Labute approximate surface area is 114 Å². The molecule has 2 N–H and O–H groups in total. The van der Waals surface area contributed by atoms with Gasteiger partial charge in [0.2, 0.25) is 5.91 Å². The Balaban J connectivity index is 2.75. The van der Waals surface area contributed by atoms with E-state index in [1.807, 2.05) is 31.9 Å². The summed E-state index contributed by atoms with van der Waals surface area (Å²) in [6.07, 6.45) is 1.03. The van der Waals surface area contributed by atoms with Crippen molar-refractivity contribution in [2.75, 3.05) is 36.9 Å². The molecule has 0 unspecified atom stereocenters. The van der Waals surface area contributed by atoms with Crippen molar-refractivity contribution in [3.63, 3.8) is 0 Å². The maximum atomic E-state index is 11.6. The van der Waals surface area contributed by atoms with E-state index in [1.54, 1.807) is 0 Å².